The van der Waals surface area contributed by atoms with Crippen molar-refractivity contribution in [1.82, 2.24) is 4.90 Å². The third kappa shape index (κ3) is 3.85. The number of benzene rings is 2. The van der Waals surface area contributed by atoms with Gasteiger partial charge in [0.05, 0.1) is 18.7 Å². The first-order valence-corrected chi connectivity index (χ1v) is 9.89. The molecule has 2 heterocycles. The maximum absolute atomic E-state index is 13.1. The summed E-state index contributed by atoms with van der Waals surface area (Å²) in [6.45, 7) is 1.00. The maximum Gasteiger partial charge on any atom is 0.231 e. The van der Waals surface area contributed by atoms with E-state index in [9.17, 15) is 4.79 Å². The maximum atomic E-state index is 13.1. The molecule has 6 nitrogen and oxygen atoms in total. The molecule has 2 aliphatic rings. The lowest BCUT2D eigenvalue weighted by atomic mass is 9.87. The Balaban J connectivity index is 0.00000240. The van der Waals surface area contributed by atoms with Crippen LogP contribution in [-0.2, 0) is 6.42 Å². The van der Waals surface area contributed by atoms with Crippen LogP contribution in [0.15, 0.2) is 28.7 Å². The number of methoxy groups -OCH3 is 2. The van der Waals surface area contributed by atoms with Gasteiger partial charge in [-0.15, -0.1) is 17.0 Å². The van der Waals surface area contributed by atoms with Gasteiger partial charge in [0.1, 0.15) is 5.75 Å². The van der Waals surface area contributed by atoms with Crippen LogP contribution in [0.1, 0.15) is 33.9 Å². The number of fused-ring (bicyclic) bond motifs is 2. The molecule has 0 radical (unpaired) electrons. The topological polar surface area (TPSA) is 57.2 Å². The average Bonchev–Trinajstić information content (AvgIpc) is 3.20. The number of carbonyl (C=O) groups excluding carboxylic acids is 1. The Hall–Kier alpha value is -1.77. The number of hydrogen-bond donors (Lipinski definition) is 0. The number of rotatable bonds is 5. The zero-order valence-corrected chi connectivity index (χ0v) is 19.8. The van der Waals surface area contributed by atoms with Gasteiger partial charge in [-0.2, -0.15) is 0 Å². The van der Waals surface area contributed by atoms with Crippen LogP contribution in [0.2, 0.25) is 0 Å². The number of likely N-dealkylation sites (N-methyl/N-ethyl adjacent to an activating group) is 1. The Labute approximate surface area is 189 Å². The van der Waals surface area contributed by atoms with E-state index in [0.29, 0.717) is 35.0 Å². The molecule has 2 aliphatic heterocycles. The second-order valence-electron chi connectivity index (χ2n) is 6.91. The van der Waals surface area contributed by atoms with Crippen molar-refractivity contribution in [2.75, 3.05) is 34.6 Å². The highest BCUT2D eigenvalue weighted by atomic mass is 79.9. The molecule has 0 amide bonds. The first-order chi connectivity index (χ1) is 13.5. The van der Waals surface area contributed by atoms with Gasteiger partial charge in [0.2, 0.25) is 12.5 Å². The van der Waals surface area contributed by atoms with E-state index in [4.69, 9.17) is 18.9 Å². The van der Waals surface area contributed by atoms with Crippen molar-refractivity contribution in [3.05, 3.63) is 45.4 Å². The minimum Gasteiger partial charge on any atom is -0.497 e. The summed E-state index contributed by atoms with van der Waals surface area (Å²) < 4.78 is 23.2. The summed E-state index contributed by atoms with van der Waals surface area (Å²) in [6, 6.07) is 7.14. The molecule has 0 saturated heterocycles. The highest BCUT2D eigenvalue weighted by Gasteiger charge is 2.37. The Morgan fingerprint density at radius 2 is 2.00 bits per heavy atom. The molecular weight excluding hydrogens is 506 g/mol. The molecule has 1 atom stereocenters. The summed E-state index contributed by atoms with van der Waals surface area (Å²) in [6.07, 6.45) is 1.17. The van der Waals surface area contributed by atoms with Gasteiger partial charge in [0.25, 0.3) is 0 Å². The van der Waals surface area contributed by atoms with Gasteiger partial charge in [0.15, 0.2) is 17.3 Å². The lowest BCUT2D eigenvalue weighted by molar-refractivity contribution is 0.0925. The third-order valence-electron chi connectivity index (χ3n) is 5.41. The van der Waals surface area contributed by atoms with E-state index < -0.39 is 0 Å². The van der Waals surface area contributed by atoms with E-state index in [1.165, 1.54) is 0 Å². The molecule has 0 spiro atoms. The molecule has 2 aromatic carbocycles. The number of ether oxygens (including phenoxy) is 4. The van der Waals surface area contributed by atoms with E-state index in [1.807, 2.05) is 25.2 Å². The highest BCUT2D eigenvalue weighted by molar-refractivity contribution is 9.10. The van der Waals surface area contributed by atoms with Crippen LogP contribution in [0, 0.1) is 0 Å². The number of hydrogen-bond acceptors (Lipinski definition) is 6. The summed E-state index contributed by atoms with van der Waals surface area (Å²) in [7, 11) is 5.26. The molecule has 4 rings (SSSR count). The molecule has 0 N–H and O–H groups in total. The van der Waals surface area contributed by atoms with Gasteiger partial charge in [0, 0.05) is 30.1 Å². The van der Waals surface area contributed by atoms with Crippen molar-refractivity contribution in [2.45, 2.75) is 18.9 Å². The Bertz CT molecular complexity index is 934. The fourth-order valence-corrected chi connectivity index (χ4v) is 4.64. The van der Waals surface area contributed by atoms with Crippen LogP contribution in [0.3, 0.4) is 0 Å². The van der Waals surface area contributed by atoms with Crippen molar-refractivity contribution in [1.29, 1.82) is 0 Å². The van der Waals surface area contributed by atoms with Crippen molar-refractivity contribution < 1.29 is 23.7 Å². The Kier molecular flexibility index (Phi) is 6.76. The van der Waals surface area contributed by atoms with Gasteiger partial charge >= 0.3 is 0 Å². The zero-order valence-electron chi connectivity index (χ0n) is 16.5. The lowest BCUT2D eigenvalue weighted by Gasteiger charge is -2.36. The number of Topliss-reactive ketones (excluding diaryl/α,β-unsaturated/α-hetero) is 1. The molecule has 0 saturated carbocycles. The normalized spacial score (nSPS) is 17.3. The van der Waals surface area contributed by atoms with Crippen LogP contribution < -0.4 is 18.9 Å². The quantitative estimate of drug-likeness (QED) is 0.530. The van der Waals surface area contributed by atoms with E-state index in [0.717, 1.165) is 28.6 Å². The minimum atomic E-state index is -0.122. The van der Waals surface area contributed by atoms with E-state index in [-0.39, 0.29) is 35.6 Å². The molecule has 1 unspecified atom stereocenters. The summed E-state index contributed by atoms with van der Waals surface area (Å²) in [5.74, 6) is 2.66. The molecule has 0 aromatic heterocycles. The van der Waals surface area contributed by atoms with Gasteiger partial charge in [-0.05, 0) is 47.1 Å². The van der Waals surface area contributed by atoms with Crippen LogP contribution in [0.4, 0.5) is 0 Å². The SMILES string of the molecule is Br.COc1cccc(C(=O)CC2c3c(c(Br)c4c(c3OC)OCO4)CCN2C)c1. The molecule has 8 heteroatoms. The molecule has 29 heavy (non-hydrogen) atoms. The van der Waals surface area contributed by atoms with Crippen molar-refractivity contribution in [3.8, 4) is 23.0 Å². The number of carbonyl (C=O) groups is 1. The van der Waals surface area contributed by atoms with Crippen LogP contribution in [-0.4, -0.2) is 45.3 Å². The van der Waals surface area contributed by atoms with Crippen LogP contribution >= 0.6 is 32.9 Å². The van der Waals surface area contributed by atoms with Crippen LogP contribution in [0.25, 0.3) is 0 Å². The molecular formula is C21H23Br2NO5. The fourth-order valence-electron chi connectivity index (χ4n) is 3.94. The first kappa shape index (κ1) is 21.9. The molecule has 0 aliphatic carbocycles. The molecule has 0 fully saturated rings. The van der Waals surface area contributed by atoms with Crippen molar-refractivity contribution in [2.24, 2.45) is 0 Å². The number of ketones is 1. The van der Waals surface area contributed by atoms with Crippen LogP contribution in [0.5, 0.6) is 23.0 Å². The number of nitrogens with zero attached hydrogens (tertiary/aromatic N) is 1. The lowest BCUT2D eigenvalue weighted by Crippen LogP contribution is -2.34. The van der Waals surface area contributed by atoms with Gasteiger partial charge in [-0.3, -0.25) is 9.69 Å². The predicted octanol–water partition coefficient (Wildman–Crippen LogP) is 4.57. The minimum absolute atomic E-state index is 0. The smallest absolute Gasteiger partial charge is 0.231 e. The van der Waals surface area contributed by atoms with Crippen molar-refractivity contribution in [3.63, 3.8) is 0 Å². The second kappa shape index (κ2) is 8.93. The van der Waals surface area contributed by atoms with Gasteiger partial charge < -0.3 is 18.9 Å². The largest absolute Gasteiger partial charge is 0.497 e. The summed E-state index contributed by atoms with van der Waals surface area (Å²) in [4.78, 5) is 15.3. The third-order valence-corrected chi connectivity index (χ3v) is 6.25. The van der Waals surface area contributed by atoms with Gasteiger partial charge in [-0.1, -0.05) is 12.1 Å². The monoisotopic (exact) mass is 527 g/mol. The summed E-state index contributed by atoms with van der Waals surface area (Å²) in [5, 5.41) is 0. The first-order valence-electron chi connectivity index (χ1n) is 9.10. The summed E-state index contributed by atoms with van der Waals surface area (Å²) >= 11 is 3.68. The number of halogens is 2. The summed E-state index contributed by atoms with van der Waals surface area (Å²) in [5.41, 5.74) is 2.74. The Morgan fingerprint density at radius 3 is 2.72 bits per heavy atom. The van der Waals surface area contributed by atoms with Gasteiger partial charge in [-0.25, -0.2) is 0 Å². The van der Waals surface area contributed by atoms with Crippen molar-refractivity contribution >= 4 is 38.7 Å². The average molecular weight is 529 g/mol. The predicted molar refractivity (Wildman–Crippen MR) is 118 cm³/mol. The zero-order chi connectivity index (χ0) is 19.8. The second-order valence-corrected chi connectivity index (χ2v) is 7.70. The van der Waals surface area contributed by atoms with E-state index >= 15 is 0 Å². The molecule has 0 bridgehead atoms. The fraction of sp³-hybridized carbons (Fsp3) is 0.381. The standard InChI is InChI=1S/C21H22BrNO5.BrH/c1-23-8-7-14-17(19(26-3)21-20(18(14)22)27-11-28-21)15(23)10-16(24)12-5-4-6-13(9-12)25-2;/h4-6,9,15H,7-8,10-11H2,1-3H3;1H. The molecule has 2 aromatic rings. The van der Waals surface area contributed by atoms with E-state index in [2.05, 4.69) is 20.8 Å². The molecule has 156 valence electrons. The highest BCUT2D eigenvalue weighted by Crippen LogP contribution is 2.54. The Morgan fingerprint density at radius 1 is 1.24 bits per heavy atom. The van der Waals surface area contributed by atoms with E-state index in [1.54, 1.807) is 20.3 Å².